The molecule has 1 N–H and O–H groups in total. The molecular weight excluding hydrogens is 212 g/mol. The maximum atomic E-state index is 11.5. The Morgan fingerprint density at radius 1 is 1.53 bits per heavy atom. The molecule has 0 aliphatic heterocycles. The number of hydrogen-bond acceptors (Lipinski definition) is 3. The second-order valence-corrected chi connectivity index (χ2v) is 6.53. The molecule has 1 rings (SSSR count). The number of sulfonamides is 1. The van der Waals surface area contributed by atoms with Crippen molar-refractivity contribution >= 4 is 10.0 Å². The molecule has 0 radical (unpaired) electrons. The summed E-state index contributed by atoms with van der Waals surface area (Å²) in [5.74, 6) is 1.15. The fourth-order valence-corrected chi connectivity index (χ4v) is 2.80. The van der Waals surface area contributed by atoms with Crippen LogP contribution >= 0.6 is 0 Å². The van der Waals surface area contributed by atoms with Gasteiger partial charge in [0.25, 0.3) is 0 Å². The van der Waals surface area contributed by atoms with Gasteiger partial charge in [-0.2, -0.15) is 5.26 Å². The Bertz CT molecular complexity index is 345. The van der Waals surface area contributed by atoms with Gasteiger partial charge in [0, 0.05) is 6.54 Å². The lowest BCUT2D eigenvalue weighted by Gasteiger charge is -2.12. The second kappa shape index (κ2) is 4.95. The molecule has 0 spiro atoms. The van der Waals surface area contributed by atoms with E-state index in [9.17, 15) is 8.42 Å². The molecular formula is C10H18N2O2S. The Morgan fingerprint density at radius 3 is 2.67 bits per heavy atom. The van der Waals surface area contributed by atoms with E-state index >= 15 is 0 Å². The molecule has 4 nitrogen and oxygen atoms in total. The summed E-state index contributed by atoms with van der Waals surface area (Å²) in [6, 6.07) is 1.74. The third-order valence-electron chi connectivity index (χ3n) is 3.02. The number of nitrogens with one attached hydrogen (secondary N) is 1. The fourth-order valence-electron chi connectivity index (χ4n) is 1.94. The maximum absolute atomic E-state index is 11.5. The number of rotatable bonds is 4. The highest BCUT2D eigenvalue weighted by Crippen LogP contribution is 2.29. The Morgan fingerprint density at radius 2 is 2.20 bits per heavy atom. The minimum atomic E-state index is -3.43. The summed E-state index contributed by atoms with van der Waals surface area (Å²) in [5.41, 5.74) is 0. The van der Waals surface area contributed by atoms with Crippen LogP contribution in [0.4, 0.5) is 0 Å². The van der Waals surface area contributed by atoms with E-state index in [0.717, 1.165) is 12.8 Å². The van der Waals surface area contributed by atoms with Crippen LogP contribution in [0.1, 0.15) is 33.1 Å². The number of nitrogens with zero attached hydrogens (tertiary/aromatic N) is 1. The zero-order chi connectivity index (χ0) is 11.5. The van der Waals surface area contributed by atoms with Crippen molar-refractivity contribution in [3.63, 3.8) is 0 Å². The van der Waals surface area contributed by atoms with Gasteiger partial charge in [-0.3, -0.25) is 0 Å². The zero-order valence-corrected chi connectivity index (χ0v) is 10.0. The molecule has 3 unspecified atom stereocenters. The van der Waals surface area contributed by atoms with Gasteiger partial charge in [-0.15, -0.1) is 0 Å². The van der Waals surface area contributed by atoms with Crippen LogP contribution in [0.15, 0.2) is 0 Å². The van der Waals surface area contributed by atoms with Crippen LogP contribution in [0, 0.1) is 23.2 Å². The smallest absolute Gasteiger partial charge is 0.214 e. The summed E-state index contributed by atoms with van der Waals surface area (Å²) in [5, 5.41) is 7.57. The van der Waals surface area contributed by atoms with Crippen LogP contribution < -0.4 is 4.72 Å². The van der Waals surface area contributed by atoms with Crippen molar-refractivity contribution in [2.75, 3.05) is 6.54 Å². The molecule has 0 aromatic heterocycles. The highest BCUT2D eigenvalue weighted by molar-refractivity contribution is 7.90. The third-order valence-corrected chi connectivity index (χ3v) is 4.63. The summed E-state index contributed by atoms with van der Waals surface area (Å²) in [6.07, 6.45) is 3.36. The minimum Gasteiger partial charge on any atom is -0.214 e. The molecule has 1 aliphatic carbocycles. The summed E-state index contributed by atoms with van der Waals surface area (Å²) in [7, 11) is -3.43. The SMILES string of the molecule is CC1CCC(CNS(=O)(=O)C(C)C#N)C1. The topological polar surface area (TPSA) is 70.0 Å². The predicted molar refractivity (Wildman–Crippen MR) is 58.5 cm³/mol. The second-order valence-electron chi connectivity index (χ2n) is 4.45. The predicted octanol–water partition coefficient (Wildman–Crippen LogP) is 1.25. The Kier molecular flexibility index (Phi) is 4.12. The van der Waals surface area contributed by atoms with E-state index in [1.807, 2.05) is 0 Å². The van der Waals surface area contributed by atoms with Crippen LogP contribution in [0.5, 0.6) is 0 Å². The van der Waals surface area contributed by atoms with Gasteiger partial charge in [0.1, 0.15) is 0 Å². The van der Waals surface area contributed by atoms with Crippen molar-refractivity contribution in [3.05, 3.63) is 0 Å². The first kappa shape index (κ1) is 12.5. The molecule has 1 fully saturated rings. The van der Waals surface area contributed by atoms with Crippen molar-refractivity contribution < 1.29 is 8.42 Å². The summed E-state index contributed by atoms with van der Waals surface area (Å²) in [4.78, 5) is 0. The van der Waals surface area contributed by atoms with Gasteiger partial charge in [0.2, 0.25) is 10.0 Å². The highest BCUT2D eigenvalue weighted by atomic mass is 32.2. The molecule has 0 bridgehead atoms. The first-order valence-electron chi connectivity index (χ1n) is 5.33. The van der Waals surface area contributed by atoms with E-state index in [1.165, 1.54) is 13.3 Å². The van der Waals surface area contributed by atoms with Gasteiger partial charge >= 0.3 is 0 Å². The van der Waals surface area contributed by atoms with Crippen molar-refractivity contribution in [1.29, 1.82) is 5.26 Å². The van der Waals surface area contributed by atoms with Crippen LogP contribution in [0.25, 0.3) is 0 Å². The van der Waals surface area contributed by atoms with Gasteiger partial charge in [-0.25, -0.2) is 13.1 Å². The lowest BCUT2D eigenvalue weighted by molar-refractivity contribution is 0.497. The molecule has 0 heterocycles. The first-order chi connectivity index (χ1) is 6.95. The standard InChI is InChI=1S/C10H18N2O2S/c1-8-3-4-10(5-8)7-12-15(13,14)9(2)6-11/h8-10,12H,3-5,7H2,1-2H3. The summed E-state index contributed by atoms with van der Waals surface area (Å²) >= 11 is 0. The normalized spacial score (nSPS) is 28.6. The van der Waals surface area contributed by atoms with E-state index in [1.54, 1.807) is 6.07 Å². The van der Waals surface area contributed by atoms with Crippen molar-refractivity contribution in [1.82, 2.24) is 4.72 Å². The molecule has 0 amide bonds. The Labute approximate surface area is 91.7 Å². The van der Waals surface area contributed by atoms with Crippen LogP contribution in [-0.4, -0.2) is 20.2 Å². The highest BCUT2D eigenvalue weighted by Gasteiger charge is 2.25. The fraction of sp³-hybridized carbons (Fsp3) is 0.900. The average Bonchev–Trinajstić information content (AvgIpc) is 2.60. The van der Waals surface area contributed by atoms with E-state index in [4.69, 9.17) is 5.26 Å². The molecule has 3 atom stereocenters. The molecule has 1 aliphatic rings. The van der Waals surface area contributed by atoms with E-state index < -0.39 is 15.3 Å². The number of hydrogen-bond donors (Lipinski definition) is 1. The quantitative estimate of drug-likeness (QED) is 0.790. The van der Waals surface area contributed by atoms with E-state index in [2.05, 4.69) is 11.6 Å². The first-order valence-corrected chi connectivity index (χ1v) is 6.88. The maximum Gasteiger partial charge on any atom is 0.227 e. The Hall–Kier alpha value is -0.600. The van der Waals surface area contributed by atoms with E-state index in [-0.39, 0.29) is 0 Å². The molecule has 1 saturated carbocycles. The lowest BCUT2D eigenvalue weighted by Crippen LogP contribution is -2.34. The molecule has 86 valence electrons. The molecule has 0 aromatic carbocycles. The van der Waals surface area contributed by atoms with E-state index in [0.29, 0.717) is 18.4 Å². The van der Waals surface area contributed by atoms with Gasteiger partial charge in [0.05, 0.1) is 6.07 Å². The molecule has 0 aromatic rings. The monoisotopic (exact) mass is 230 g/mol. The average molecular weight is 230 g/mol. The van der Waals surface area contributed by atoms with Crippen molar-refractivity contribution in [3.8, 4) is 6.07 Å². The van der Waals surface area contributed by atoms with Gasteiger partial charge < -0.3 is 0 Å². The lowest BCUT2D eigenvalue weighted by atomic mass is 10.1. The van der Waals surface area contributed by atoms with Gasteiger partial charge in [0.15, 0.2) is 5.25 Å². The zero-order valence-electron chi connectivity index (χ0n) is 9.23. The van der Waals surface area contributed by atoms with Gasteiger partial charge in [-0.1, -0.05) is 13.3 Å². The van der Waals surface area contributed by atoms with Crippen molar-refractivity contribution in [2.45, 2.75) is 38.4 Å². The minimum absolute atomic E-state index is 0.445. The largest absolute Gasteiger partial charge is 0.227 e. The third kappa shape index (κ3) is 3.47. The van der Waals surface area contributed by atoms with Crippen LogP contribution in [0.3, 0.4) is 0 Å². The molecule has 0 saturated heterocycles. The van der Waals surface area contributed by atoms with Crippen LogP contribution in [-0.2, 0) is 10.0 Å². The van der Waals surface area contributed by atoms with Crippen LogP contribution in [0.2, 0.25) is 0 Å². The number of nitriles is 1. The summed E-state index contributed by atoms with van der Waals surface area (Å²) < 4.78 is 25.5. The Balaban J connectivity index is 2.41. The van der Waals surface area contributed by atoms with Gasteiger partial charge in [-0.05, 0) is 31.6 Å². The summed E-state index contributed by atoms with van der Waals surface area (Å²) in [6.45, 7) is 4.07. The van der Waals surface area contributed by atoms with Crippen molar-refractivity contribution in [2.24, 2.45) is 11.8 Å². The molecule has 5 heteroatoms. The molecule has 15 heavy (non-hydrogen) atoms.